The van der Waals surface area contributed by atoms with Crippen LogP contribution in [0.4, 0.5) is 5.95 Å². The van der Waals surface area contributed by atoms with Gasteiger partial charge in [-0.15, -0.1) is 0 Å². The normalized spacial score (nSPS) is 15.3. The number of nitrogens with one attached hydrogen (secondary N) is 2. The molecule has 8 heteroatoms. The molecule has 0 radical (unpaired) electrons. The Morgan fingerprint density at radius 1 is 1.28 bits per heavy atom. The molecule has 29 heavy (non-hydrogen) atoms. The van der Waals surface area contributed by atoms with E-state index in [-0.39, 0.29) is 11.6 Å². The Kier molecular flexibility index (Phi) is 5.74. The number of hydrogen-bond acceptors (Lipinski definition) is 6. The predicted molar refractivity (Wildman–Crippen MR) is 114 cm³/mol. The van der Waals surface area contributed by atoms with Gasteiger partial charge in [0.25, 0.3) is 5.56 Å². The first-order valence-corrected chi connectivity index (χ1v) is 10.0. The highest BCUT2D eigenvalue weighted by molar-refractivity contribution is 6.33. The van der Waals surface area contributed by atoms with E-state index in [1.54, 1.807) is 18.3 Å². The van der Waals surface area contributed by atoms with Gasteiger partial charge in [-0.3, -0.25) is 4.79 Å². The molecule has 3 heterocycles. The number of benzene rings is 1. The van der Waals surface area contributed by atoms with Gasteiger partial charge in [0.15, 0.2) is 0 Å². The quantitative estimate of drug-likeness (QED) is 0.671. The summed E-state index contributed by atoms with van der Waals surface area (Å²) in [6.07, 6.45) is 4.21. The summed E-state index contributed by atoms with van der Waals surface area (Å²) < 4.78 is 0. The van der Waals surface area contributed by atoms with Crippen LogP contribution in [0.15, 0.2) is 41.3 Å². The van der Waals surface area contributed by atoms with Gasteiger partial charge in [0, 0.05) is 59.8 Å². The number of aromatic nitrogens is 3. The minimum absolute atomic E-state index is 0.235. The lowest BCUT2D eigenvalue weighted by molar-refractivity contribution is 0.223. The van der Waals surface area contributed by atoms with E-state index in [4.69, 9.17) is 16.9 Å². The third kappa shape index (κ3) is 4.39. The molecule has 0 unspecified atom stereocenters. The van der Waals surface area contributed by atoms with Crippen molar-refractivity contribution in [3.63, 3.8) is 0 Å². The van der Waals surface area contributed by atoms with E-state index >= 15 is 0 Å². The average Bonchev–Trinajstić information content (AvgIpc) is 2.73. The molecule has 0 amide bonds. The predicted octanol–water partition coefficient (Wildman–Crippen LogP) is 3.43. The van der Waals surface area contributed by atoms with Crippen LogP contribution in [-0.4, -0.2) is 45.5 Å². The maximum absolute atomic E-state index is 12.6. The van der Waals surface area contributed by atoms with Gasteiger partial charge in [-0.2, -0.15) is 10.2 Å². The molecule has 1 fully saturated rings. The molecule has 2 aromatic heterocycles. The van der Waals surface area contributed by atoms with Crippen LogP contribution in [0.25, 0.3) is 22.2 Å². The van der Waals surface area contributed by atoms with Crippen molar-refractivity contribution in [3.8, 4) is 17.2 Å². The molecule has 3 aromatic rings. The summed E-state index contributed by atoms with van der Waals surface area (Å²) in [5.74, 6) is 0.508. The van der Waals surface area contributed by atoms with Crippen LogP contribution in [0, 0.1) is 11.3 Å². The fourth-order valence-corrected chi connectivity index (χ4v) is 3.87. The smallest absolute Gasteiger partial charge is 0.257 e. The van der Waals surface area contributed by atoms with Crippen LogP contribution in [0.5, 0.6) is 0 Å². The number of H-pyrrole nitrogens is 1. The van der Waals surface area contributed by atoms with Crippen molar-refractivity contribution < 1.29 is 0 Å². The van der Waals surface area contributed by atoms with E-state index in [2.05, 4.69) is 31.2 Å². The van der Waals surface area contributed by atoms with Crippen LogP contribution in [-0.2, 0) is 0 Å². The molecular formula is C21H21ClN6O. The Bertz CT molecular complexity index is 1110. The van der Waals surface area contributed by atoms with Crippen molar-refractivity contribution in [1.29, 1.82) is 5.26 Å². The van der Waals surface area contributed by atoms with Crippen molar-refractivity contribution >= 4 is 28.6 Å². The van der Waals surface area contributed by atoms with Gasteiger partial charge >= 0.3 is 0 Å². The first-order chi connectivity index (χ1) is 14.1. The first kappa shape index (κ1) is 19.4. The Hall–Kier alpha value is -2.95. The summed E-state index contributed by atoms with van der Waals surface area (Å²) in [7, 11) is 0. The highest BCUT2D eigenvalue weighted by Gasteiger charge is 2.19. The number of anilines is 1. The van der Waals surface area contributed by atoms with Crippen molar-refractivity contribution in [1.82, 2.24) is 19.9 Å². The number of nitrogens with zero attached hydrogens (tertiary/aromatic N) is 4. The molecule has 1 saturated heterocycles. The van der Waals surface area contributed by atoms with E-state index in [9.17, 15) is 4.79 Å². The second-order valence-electron chi connectivity index (χ2n) is 7.16. The summed E-state index contributed by atoms with van der Waals surface area (Å²) in [6, 6.07) is 11.5. The Morgan fingerprint density at radius 2 is 2.07 bits per heavy atom. The largest absolute Gasteiger partial charge is 0.351 e. The zero-order valence-electron chi connectivity index (χ0n) is 15.9. The van der Waals surface area contributed by atoms with Gasteiger partial charge < -0.3 is 15.2 Å². The van der Waals surface area contributed by atoms with Crippen molar-refractivity contribution in [2.24, 2.45) is 0 Å². The number of aromatic amines is 1. The highest BCUT2D eigenvalue weighted by atomic mass is 35.5. The van der Waals surface area contributed by atoms with E-state index in [0.29, 0.717) is 34.2 Å². The summed E-state index contributed by atoms with van der Waals surface area (Å²) >= 11 is 6.24. The molecule has 7 nitrogen and oxygen atoms in total. The van der Waals surface area contributed by atoms with Crippen LogP contribution in [0.1, 0.15) is 19.3 Å². The van der Waals surface area contributed by atoms with Gasteiger partial charge in [0.05, 0.1) is 6.07 Å². The molecule has 0 bridgehead atoms. The minimum Gasteiger partial charge on any atom is -0.351 e. The second kappa shape index (κ2) is 8.60. The van der Waals surface area contributed by atoms with Gasteiger partial charge in [-0.05, 0) is 25.0 Å². The minimum atomic E-state index is -0.235. The lowest BCUT2D eigenvalue weighted by Gasteiger charge is -2.31. The van der Waals surface area contributed by atoms with Gasteiger partial charge in [-0.1, -0.05) is 29.8 Å². The molecule has 148 valence electrons. The monoisotopic (exact) mass is 408 g/mol. The maximum atomic E-state index is 12.6. The van der Waals surface area contributed by atoms with Crippen LogP contribution >= 0.6 is 11.6 Å². The number of pyridine rings is 1. The molecule has 4 rings (SSSR count). The van der Waals surface area contributed by atoms with Crippen molar-refractivity contribution in [3.05, 3.63) is 51.9 Å². The molecule has 1 aromatic carbocycles. The summed E-state index contributed by atoms with van der Waals surface area (Å²) in [4.78, 5) is 26.6. The second-order valence-corrected chi connectivity index (χ2v) is 7.57. The number of halogens is 1. The average molecular weight is 409 g/mol. The fourth-order valence-electron chi connectivity index (χ4n) is 3.63. The third-order valence-corrected chi connectivity index (χ3v) is 5.55. The molecule has 2 N–H and O–H groups in total. The zero-order chi connectivity index (χ0) is 20.2. The lowest BCUT2D eigenvalue weighted by Crippen LogP contribution is -2.39. The SMILES string of the molecule is N#CCCN1CCC(Nc2ncc3cc(-c4ccccc4Cl)c(=O)[nH]c3n2)CC1. The molecule has 1 aliphatic rings. The number of fused-ring (bicyclic) bond motifs is 1. The van der Waals surface area contributed by atoms with Crippen LogP contribution < -0.4 is 10.9 Å². The molecule has 0 aliphatic carbocycles. The van der Waals surface area contributed by atoms with E-state index in [0.717, 1.165) is 37.9 Å². The summed E-state index contributed by atoms with van der Waals surface area (Å²) in [5.41, 5.74) is 1.44. The number of rotatable bonds is 5. The lowest BCUT2D eigenvalue weighted by atomic mass is 10.1. The van der Waals surface area contributed by atoms with Gasteiger partial charge in [0.1, 0.15) is 5.65 Å². The number of hydrogen-bond donors (Lipinski definition) is 2. The summed E-state index contributed by atoms with van der Waals surface area (Å²) in [6.45, 7) is 2.72. The fraction of sp³-hybridized carbons (Fsp3) is 0.333. The topological polar surface area (TPSA) is 97.7 Å². The number of piperidine rings is 1. The Morgan fingerprint density at radius 3 is 2.83 bits per heavy atom. The van der Waals surface area contributed by atoms with Crippen molar-refractivity contribution in [2.45, 2.75) is 25.3 Å². The summed E-state index contributed by atoms with van der Waals surface area (Å²) in [5, 5.41) is 13.3. The van der Waals surface area contributed by atoms with Gasteiger partial charge in [-0.25, -0.2) is 4.98 Å². The molecular weight excluding hydrogens is 388 g/mol. The van der Waals surface area contributed by atoms with Crippen LogP contribution in [0.3, 0.4) is 0 Å². The van der Waals surface area contributed by atoms with Crippen LogP contribution in [0.2, 0.25) is 5.02 Å². The van der Waals surface area contributed by atoms with E-state index in [1.165, 1.54) is 0 Å². The zero-order valence-corrected chi connectivity index (χ0v) is 16.6. The first-order valence-electron chi connectivity index (χ1n) is 9.65. The molecule has 0 atom stereocenters. The molecule has 0 saturated carbocycles. The Labute approximate surface area is 173 Å². The maximum Gasteiger partial charge on any atom is 0.257 e. The number of likely N-dealkylation sites (tertiary alicyclic amines) is 1. The molecule has 0 spiro atoms. The van der Waals surface area contributed by atoms with Crippen molar-refractivity contribution in [2.75, 3.05) is 25.0 Å². The third-order valence-electron chi connectivity index (χ3n) is 5.22. The van der Waals surface area contributed by atoms with E-state index < -0.39 is 0 Å². The number of nitriles is 1. The molecule has 1 aliphatic heterocycles. The van der Waals surface area contributed by atoms with Gasteiger partial charge in [0.2, 0.25) is 5.95 Å². The standard InChI is InChI=1S/C21H21ClN6O/c22-18-5-2-1-4-16(18)17-12-14-13-24-21(27-19(14)26-20(17)29)25-15-6-10-28(11-7-15)9-3-8-23/h1-2,4-5,12-13,15H,3,6-7,9-11H2,(H2,24,25,26,27,29). The Balaban J connectivity index is 1.51. The van der Waals surface area contributed by atoms with E-state index in [1.807, 2.05) is 18.2 Å². The highest BCUT2D eigenvalue weighted by Crippen LogP contribution is 2.26.